The van der Waals surface area contributed by atoms with Gasteiger partial charge in [-0.15, -0.1) is 0 Å². The van der Waals surface area contributed by atoms with Crippen LogP contribution >= 0.6 is 0 Å². The van der Waals surface area contributed by atoms with E-state index < -0.39 is 0 Å². The molecule has 0 bridgehead atoms. The van der Waals surface area contributed by atoms with Crippen LogP contribution in [-0.4, -0.2) is 34.1 Å². The van der Waals surface area contributed by atoms with E-state index in [1.807, 2.05) is 18.2 Å². The van der Waals surface area contributed by atoms with E-state index in [1.165, 1.54) is 5.56 Å². The second-order valence-corrected chi connectivity index (χ2v) is 6.58. The second-order valence-electron chi connectivity index (χ2n) is 6.58. The molecule has 0 atom stereocenters. The average molecular weight is 335 g/mol. The summed E-state index contributed by atoms with van der Waals surface area (Å²) < 4.78 is 5.42. The maximum absolute atomic E-state index is 12.3. The highest BCUT2D eigenvalue weighted by Gasteiger charge is 2.26. The van der Waals surface area contributed by atoms with Crippen molar-refractivity contribution in [2.24, 2.45) is 0 Å². The van der Waals surface area contributed by atoms with Crippen LogP contribution in [0, 0.1) is 6.92 Å². The third-order valence-corrected chi connectivity index (χ3v) is 4.74. The fourth-order valence-electron chi connectivity index (χ4n) is 3.33. The number of aryl methyl sites for hydroxylation is 1. The molecule has 1 N–H and O–H groups in total. The average Bonchev–Trinajstić information content (AvgIpc) is 3.06. The minimum Gasteiger partial charge on any atom is -0.410 e. The summed E-state index contributed by atoms with van der Waals surface area (Å²) >= 11 is 0. The molecule has 1 aromatic heterocycles. The van der Waals surface area contributed by atoms with Crippen LogP contribution in [0.5, 0.6) is 5.75 Å². The Morgan fingerprint density at radius 2 is 1.92 bits per heavy atom. The van der Waals surface area contributed by atoms with E-state index in [2.05, 4.69) is 30.1 Å². The number of hydrogen-bond acceptors (Lipinski definition) is 3. The summed E-state index contributed by atoms with van der Waals surface area (Å²) in [5.74, 6) is 1.97. The summed E-state index contributed by atoms with van der Waals surface area (Å²) in [5.41, 5.74) is 3.31. The number of benzene rings is 2. The number of rotatable bonds is 2. The number of aromatic nitrogens is 2. The highest BCUT2D eigenvalue weighted by atomic mass is 16.6. The maximum atomic E-state index is 12.3. The second kappa shape index (κ2) is 6.59. The topological polar surface area (TPSA) is 58.2 Å². The zero-order valence-electron chi connectivity index (χ0n) is 14.2. The van der Waals surface area contributed by atoms with Crippen LogP contribution in [0.1, 0.15) is 30.1 Å². The van der Waals surface area contributed by atoms with Gasteiger partial charge in [-0.2, -0.15) is 0 Å². The lowest BCUT2D eigenvalue weighted by Crippen LogP contribution is -2.39. The molecule has 25 heavy (non-hydrogen) atoms. The molecule has 3 aromatic rings. The standard InChI is InChI=1S/C20H21N3O2/c1-14-7-8-17-18(13-14)22-19(21-17)15-9-11-23(12-10-15)20(24)25-16-5-3-2-4-6-16/h2-8,13,15H,9-12H2,1H3,(H,21,22). The Morgan fingerprint density at radius 3 is 2.68 bits per heavy atom. The number of fused-ring (bicyclic) bond motifs is 1. The molecule has 0 saturated carbocycles. The summed E-state index contributed by atoms with van der Waals surface area (Å²) in [6.07, 6.45) is 1.51. The van der Waals surface area contributed by atoms with Crippen molar-refractivity contribution < 1.29 is 9.53 Å². The van der Waals surface area contributed by atoms with Crippen LogP contribution in [0.2, 0.25) is 0 Å². The summed E-state index contributed by atoms with van der Waals surface area (Å²) in [5, 5.41) is 0. The first-order valence-electron chi connectivity index (χ1n) is 8.67. The van der Waals surface area contributed by atoms with Crippen LogP contribution in [-0.2, 0) is 0 Å². The highest BCUT2D eigenvalue weighted by molar-refractivity contribution is 5.76. The van der Waals surface area contributed by atoms with Crippen LogP contribution in [0.15, 0.2) is 48.5 Å². The van der Waals surface area contributed by atoms with E-state index in [1.54, 1.807) is 17.0 Å². The lowest BCUT2D eigenvalue weighted by Gasteiger charge is -2.30. The van der Waals surface area contributed by atoms with E-state index in [9.17, 15) is 4.79 Å². The molecule has 4 rings (SSSR count). The van der Waals surface area contributed by atoms with Crippen molar-refractivity contribution in [3.05, 3.63) is 59.9 Å². The van der Waals surface area contributed by atoms with E-state index in [-0.39, 0.29) is 6.09 Å². The first-order valence-corrected chi connectivity index (χ1v) is 8.67. The smallest absolute Gasteiger partial charge is 0.410 e. The molecule has 5 heteroatoms. The summed E-state index contributed by atoms with van der Waals surface area (Å²) in [7, 11) is 0. The number of carbonyl (C=O) groups excluding carboxylic acids is 1. The first kappa shape index (κ1) is 15.7. The predicted molar refractivity (Wildman–Crippen MR) is 96.8 cm³/mol. The van der Waals surface area contributed by atoms with Gasteiger partial charge in [-0.3, -0.25) is 0 Å². The van der Waals surface area contributed by atoms with E-state index in [0.717, 1.165) is 29.7 Å². The summed E-state index contributed by atoms with van der Waals surface area (Å²) in [6.45, 7) is 3.45. The molecule has 1 saturated heterocycles. The molecule has 1 fully saturated rings. The quantitative estimate of drug-likeness (QED) is 0.761. The van der Waals surface area contributed by atoms with Gasteiger partial charge in [0.15, 0.2) is 0 Å². The summed E-state index contributed by atoms with van der Waals surface area (Å²) in [4.78, 5) is 22.2. The molecule has 5 nitrogen and oxygen atoms in total. The molecule has 0 aliphatic carbocycles. The lowest BCUT2D eigenvalue weighted by atomic mass is 9.96. The van der Waals surface area contributed by atoms with Crippen molar-refractivity contribution in [3.8, 4) is 5.75 Å². The molecule has 1 amide bonds. The molecule has 1 aliphatic rings. The van der Waals surface area contributed by atoms with Crippen molar-refractivity contribution in [1.82, 2.24) is 14.9 Å². The molecular weight excluding hydrogens is 314 g/mol. The Kier molecular flexibility index (Phi) is 4.14. The normalized spacial score (nSPS) is 15.5. The Bertz CT molecular complexity index is 880. The minimum atomic E-state index is -0.273. The molecule has 2 aromatic carbocycles. The largest absolute Gasteiger partial charge is 0.415 e. The van der Waals surface area contributed by atoms with Crippen LogP contribution < -0.4 is 4.74 Å². The maximum Gasteiger partial charge on any atom is 0.415 e. The number of carbonyl (C=O) groups is 1. The number of likely N-dealkylation sites (tertiary alicyclic amines) is 1. The van der Waals surface area contributed by atoms with Crippen molar-refractivity contribution in [3.63, 3.8) is 0 Å². The molecule has 1 aliphatic heterocycles. The number of nitrogens with one attached hydrogen (secondary N) is 1. The minimum absolute atomic E-state index is 0.273. The van der Waals surface area contributed by atoms with Gasteiger partial charge in [-0.25, -0.2) is 9.78 Å². The van der Waals surface area contributed by atoms with E-state index >= 15 is 0 Å². The van der Waals surface area contributed by atoms with Gasteiger partial charge in [0.05, 0.1) is 11.0 Å². The van der Waals surface area contributed by atoms with E-state index in [0.29, 0.717) is 24.8 Å². The Hall–Kier alpha value is -2.82. The number of hydrogen-bond donors (Lipinski definition) is 1. The van der Waals surface area contributed by atoms with Crippen molar-refractivity contribution in [1.29, 1.82) is 0 Å². The molecule has 2 heterocycles. The zero-order chi connectivity index (χ0) is 17.2. The summed E-state index contributed by atoms with van der Waals surface area (Å²) in [6, 6.07) is 15.5. The number of para-hydroxylation sites is 1. The van der Waals surface area contributed by atoms with Crippen LogP contribution in [0.4, 0.5) is 4.79 Å². The zero-order valence-corrected chi connectivity index (χ0v) is 14.2. The molecule has 128 valence electrons. The van der Waals surface area contributed by atoms with E-state index in [4.69, 9.17) is 9.72 Å². The molecule has 0 radical (unpaired) electrons. The van der Waals surface area contributed by atoms with Crippen molar-refractivity contribution >= 4 is 17.1 Å². The predicted octanol–water partition coefficient (Wildman–Crippen LogP) is 4.25. The monoisotopic (exact) mass is 335 g/mol. The SMILES string of the molecule is Cc1ccc2nc(C3CCN(C(=O)Oc4ccccc4)CC3)[nH]c2c1. The number of ether oxygens (including phenoxy) is 1. The van der Waals surface area contributed by atoms with Crippen LogP contribution in [0.3, 0.4) is 0 Å². The van der Waals surface area contributed by atoms with Crippen LogP contribution in [0.25, 0.3) is 11.0 Å². The molecular formula is C20H21N3O2. The molecule has 0 unspecified atom stereocenters. The molecule has 0 spiro atoms. The number of piperidine rings is 1. The van der Waals surface area contributed by atoms with Gasteiger partial charge >= 0.3 is 6.09 Å². The third kappa shape index (κ3) is 3.36. The Morgan fingerprint density at radius 1 is 1.16 bits per heavy atom. The van der Waals surface area contributed by atoms with Gasteiger partial charge in [-0.1, -0.05) is 24.3 Å². The fourth-order valence-corrected chi connectivity index (χ4v) is 3.33. The van der Waals surface area contributed by atoms with Gasteiger partial charge < -0.3 is 14.6 Å². The van der Waals surface area contributed by atoms with Gasteiger partial charge in [0.1, 0.15) is 11.6 Å². The van der Waals surface area contributed by atoms with Gasteiger partial charge in [0.2, 0.25) is 0 Å². The number of H-pyrrole nitrogens is 1. The number of amides is 1. The number of nitrogens with zero attached hydrogens (tertiary/aromatic N) is 2. The Labute approximate surface area is 146 Å². The lowest BCUT2D eigenvalue weighted by molar-refractivity contribution is 0.138. The van der Waals surface area contributed by atoms with Crippen molar-refractivity contribution in [2.45, 2.75) is 25.7 Å². The number of aromatic amines is 1. The van der Waals surface area contributed by atoms with Gasteiger partial charge in [-0.05, 0) is 49.6 Å². The number of imidazole rings is 1. The van der Waals surface area contributed by atoms with Gasteiger partial charge in [0, 0.05) is 19.0 Å². The third-order valence-electron chi connectivity index (χ3n) is 4.74. The Balaban J connectivity index is 1.39. The van der Waals surface area contributed by atoms with Crippen molar-refractivity contribution in [2.75, 3.05) is 13.1 Å². The van der Waals surface area contributed by atoms with Gasteiger partial charge in [0.25, 0.3) is 0 Å². The first-order chi connectivity index (χ1) is 12.2. The highest BCUT2D eigenvalue weighted by Crippen LogP contribution is 2.28. The fraction of sp³-hybridized carbons (Fsp3) is 0.300.